The van der Waals surface area contributed by atoms with Crippen molar-refractivity contribution >= 4 is 27.3 Å². The second kappa shape index (κ2) is 7.34. The van der Waals surface area contributed by atoms with Gasteiger partial charge in [0.1, 0.15) is 5.82 Å². The molecule has 2 rings (SSSR count). The van der Waals surface area contributed by atoms with Crippen LogP contribution in [0, 0.1) is 5.82 Å². The third-order valence-corrected chi connectivity index (χ3v) is 5.13. The number of halogens is 2. The average Bonchev–Trinajstić information content (AvgIpc) is 2.89. The zero-order chi connectivity index (χ0) is 14.5. The van der Waals surface area contributed by atoms with Gasteiger partial charge in [-0.3, -0.25) is 0 Å². The van der Waals surface area contributed by atoms with Crippen LogP contribution in [-0.2, 0) is 12.8 Å². The Hall–Kier alpha value is -0.710. The van der Waals surface area contributed by atoms with Crippen molar-refractivity contribution in [2.75, 3.05) is 6.54 Å². The van der Waals surface area contributed by atoms with Crippen LogP contribution in [0.4, 0.5) is 4.39 Å². The van der Waals surface area contributed by atoms with Crippen LogP contribution in [0.25, 0.3) is 0 Å². The zero-order valence-electron chi connectivity index (χ0n) is 11.7. The molecule has 1 heterocycles. The van der Waals surface area contributed by atoms with Crippen molar-refractivity contribution in [3.63, 3.8) is 0 Å². The van der Waals surface area contributed by atoms with Gasteiger partial charge in [-0.15, -0.1) is 11.3 Å². The van der Waals surface area contributed by atoms with E-state index < -0.39 is 0 Å². The highest BCUT2D eigenvalue weighted by atomic mass is 79.9. The van der Waals surface area contributed by atoms with Crippen molar-refractivity contribution in [1.29, 1.82) is 0 Å². The van der Waals surface area contributed by atoms with Gasteiger partial charge in [0.05, 0.1) is 4.47 Å². The molecular formula is C16H19BrFNS. The standard InChI is InChI=1S/C16H19BrFNS/c1-3-12-6-7-13(20-12)10-16(19-4-2)11-5-8-15(18)14(17)9-11/h5-9,16,19H,3-4,10H2,1-2H3. The van der Waals surface area contributed by atoms with Crippen molar-refractivity contribution < 1.29 is 4.39 Å². The summed E-state index contributed by atoms with van der Waals surface area (Å²) in [5.74, 6) is -0.214. The van der Waals surface area contributed by atoms with Crippen LogP contribution in [0.3, 0.4) is 0 Å². The Kier molecular flexibility index (Phi) is 5.75. The van der Waals surface area contributed by atoms with Gasteiger partial charge >= 0.3 is 0 Å². The Labute approximate surface area is 132 Å². The van der Waals surface area contributed by atoms with Crippen LogP contribution in [0.1, 0.15) is 35.2 Å². The molecule has 0 bridgehead atoms. The molecule has 2 aromatic rings. The summed E-state index contributed by atoms with van der Waals surface area (Å²) in [7, 11) is 0. The summed E-state index contributed by atoms with van der Waals surface area (Å²) in [4.78, 5) is 2.78. The second-order valence-electron chi connectivity index (χ2n) is 4.71. The lowest BCUT2D eigenvalue weighted by molar-refractivity contribution is 0.550. The van der Waals surface area contributed by atoms with Gasteiger partial charge in [0.25, 0.3) is 0 Å². The van der Waals surface area contributed by atoms with E-state index in [1.165, 1.54) is 15.8 Å². The zero-order valence-corrected chi connectivity index (χ0v) is 14.2. The van der Waals surface area contributed by atoms with Crippen molar-refractivity contribution in [2.45, 2.75) is 32.7 Å². The van der Waals surface area contributed by atoms with E-state index in [4.69, 9.17) is 0 Å². The number of likely N-dealkylation sites (N-methyl/N-ethyl adjacent to an activating group) is 1. The summed E-state index contributed by atoms with van der Waals surface area (Å²) in [6.45, 7) is 5.16. The monoisotopic (exact) mass is 355 g/mol. The van der Waals surface area contributed by atoms with E-state index in [-0.39, 0.29) is 11.9 Å². The van der Waals surface area contributed by atoms with Crippen molar-refractivity contribution in [3.8, 4) is 0 Å². The highest BCUT2D eigenvalue weighted by molar-refractivity contribution is 9.10. The number of thiophene rings is 1. The first-order valence-corrected chi connectivity index (χ1v) is 8.50. The van der Waals surface area contributed by atoms with E-state index in [0.29, 0.717) is 4.47 Å². The van der Waals surface area contributed by atoms with Gasteiger partial charge in [-0.2, -0.15) is 0 Å². The number of rotatable bonds is 6. The fraction of sp³-hybridized carbons (Fsp3) is 0.375. The molecule has 0 aliphatic carbocycles. The van der Waals surface area contributed by atoms with Gasteiger partial charge in [-0.1, -0.05) is 19.9 Å². The van der Waals surface area contributed by atoms with Crippen molar-refractivity contribution in [3.05, 3.63) is 55.9 Å². The second-order valence-corrected chi connectivity index (χ2v) is 6.82. The number of hydrogen-bond acceptors (Lipinski definition) is 2. The van der Waals surface area contributed by atoms with E-state index in [1.807, 2.05) is 23.5 Å². The molecule has 0 saturated carbocycles. The molecule has 0 aliphatic heterocycles. The first-order valence-electron chi connectivity index (χ1n) is 6.90. The SMILES string of the molecule is CCNC(Cc1ccc(CC)s1)c1ccc(F)c(Br)c1. The van der Waals surface area contributed by atoms with Gasteiger partial charge in [0.2, 0.25) is 0 Å². The molecule has 0 fully saturated rings. The van der Waals surface area contributed by atoms with Gasteiger partial charge in [-0.05, 0) is 58.7 Å². The van der Waals surface area contributed by atoms with E-state index in [0.717, 1.165) is 24.9 Å². The van der Waals surface area contributed by atoms with Crippen molar-refractivity contribution in [2.24, 2.45) is 0 Å². The number of aryl methyl sites for hydroxylation is 1. The Morgan fingerprint density at radius 2 is 1.95 bits per heavy atom. The molecule has 0 radical (unpaired) electrons. The fourth-order valence-corrected chi connectivity index (χ4v) is 3.61. The Balaban J connectivity index is 2.19. The maximum atomic E-state index is 13.4. The first kappa shape index (κ1) is 15.7. The minimum absolute atomic E-state index is 0.214. The number of benzene rings is 1. The summed E-state index contributed by atoms with van der Waals surface area (Å²) in [5.41, 5.74) is 1.12. The number of hydrogen-bond donors (Lipinski definition) is 1. The molecule has 108 valence electrons. The minimum Gasteiger partial charge on any atom is -0.310 e. The Morgan fingerprint density at radius 3 is 2.55 bits per heavy atom. The Morgan fingerprint density at radius 1 is 1.20 bits per heavy atom. The van der Waals surface area contributed by atoms with Gasteiger partial charge < -0.3 is 5.32 Å². The van der Waals surface area contributed by atoms with Crippen LogP contribution < -0.4 is 5.32 Å². The lowest BCUT2D eigenvalue weighted by Crippen LogP contribution is -2.22. The predicted molar refractivity (Wildman–Crippen MR) is 87.9 cm³/mol. The maximum Gasteiger partial charge on any atom is 0.137 e. The van der Waals surface area contributed by atoms with Gasteiger partial charge in [0, 0.05) is 22.2 Å². The van der Waals surface area contributed by atoms with Crippen LogP contribution in [0.5, 0.6) is 0 Å². The molecule has 4 heteroatoms. The molecule has 1 nitrogen and oxygen atoms in total. The quantitative estimate of drug-likeness (QED) is 0.759. The molecule has 1 unspecified atom stereocenters. The van der Waals surface area contributed by atoms with Gasteiger partial charge in [-0.25, -0.2) is 4.39 Å². The molecule has 0 aliphatic rings. The molecule has 0 amide bonds. The van der Waals surface area contributed by atoms with Gasteiger partial charge in [0.15, 0.2) is 0 Å². The smallest absolute Gasteiger partial charge is 0.137 e. The van der Waals surface area contributed by atoms with Crippen LogP contribution in [0.2, 0.25) is 0 Å². The fourth-order valence-electron chi connectivity index (χ4n) is 2.21. The van der Waals surface area contributed by atoms with Crippen LogP contribution in [0.15, 0.2) is 34.8 Å². The van der Waals surface area contributed by atoms with E-state index in [9.17, 15) is 4.39 Å². The lowest BCUT2D eigenvalue weighted by Gasteiger charge is -2.18. The minimum atomic E-state index is -0.214. The summed E-state index contributed by atoms with van der Waals surface area (Å²) in [6.07, 6.45) is 2.02. The molecule has 1 aromatic carbocycles. The predicted octanol–water partition coefficient (Wildman–Crippen LogP) is 5.11. The molecule has 0 saturated heterocycles. The molecule has 1 N–H and O–H groups in total. The molecular weight excluding hydrogens is 337 g/mol. The Bertz CT molecular complexity index is 567. The maximum absolute atomic E-state index is 13.4. The normalized spacial score (nSPS) is 12.6. The summed E-state index contributed by atoms with van der Waals surface area (Å²) in [5, 5.41) is 3.48. The summed E-state index contributed by atoms with van der Waals surface area (Å²) in [6, 6.07) is 9.88. The number of nitrogens with one attached hydrogen (secondary N) is 1. The largest absolute Gasteiger partial charge is 0.310 e. The third kappa shape index (κ3) is 3.90. The van der Waals surface area contributed by atoms with Crippen LogP contribution >= 0.6 is 27.3 Å². The summed E-state index contributed by atoms with van der Waals surface area (Å²) >= 11 is 5.13. The molecule has 1 atom stereocenters. The topological polar surface area (TPSA) is 12.0 Å². The van der Waals surface area contributed by atoms with Crippen molar-refractivity contribution in [1.82, 2.24) is 5.32 Å². The van der Waals surface area contributed by atoms with Crippen LogP contribution in [-0.4, -0.2) is 6.54 Å². The highest BCUT2D eigenvalue weighted by Crippen LogP contribution is 2.27. The van der Waals surface area contributed by atoms with E-state index >= 15 is 0 Å². The molecule has 1 aromatic heterocycles. The highest BCUT2D eigenvalue weighted by Gasteiger charge is 2.14. The summed E-state index contributed by atoms with van der Waals surface area (Å²) < 4.78 is 13.9. The molecule has 20 heavy (non-hydrogen) atoms. The third-order valence-electron chi connectivity index (χ3n) is 3.27. The van der Waals surface area contributed by atoms with E-state index in [1.54, 1.807) is 0 Å². The molecule has 0 spiro atoms. The van der Waals surface area contributed by atoms with E-state index in [2.05, 4.69) is 47.2 Å². The first-order chi connectivity index (χ1) is 9.63. The average molecular weight is 356 g/mol. The lowest BCUT2D eigenvalue weighted by atomic mass is 10.0.